The lowest BCUT2D eigenvalue weighted by atomic mass is 10.1. The summed E-state index contributed by atoms with van der Waals surface area (Å²) in [6.45, 7) is 9.25. The third kappa shape index (κ3) is 7.00. The van der Waals surface area contributed by atoms with E-state index in [4.69, 9.17) is 9.47 Å². The van der Waals surface area contributed by atoms with Crippen LogP contribution in [0.1, 0.15) is 35.3 Å². The largest absolute Gasteiger partial charge is 0.493 e. The Kier molecular flexibility index (Phi) is 7.78. The van der Waals surface area contributed by atoms with Crippen LogP contribution in [0.15, 0.2) is 53.6 Å². The van der Waals surface area contributed by atoms with Gasteiger partial charge in [-0.25, -0.2) is 5.43 Å². The summed E-state index contributed by atoms with van der Waals surface area (Å²) in [4.78, 5) is 14.6. The van der Waals surface area contributed by atoms with Gasteiger partial charge in [-0.2, -0.15) is 5.10 Å². The minimum atomic E-state index is -0.226. The summed E-state index contributed by atoms with van der Waals surface area (Å²) in [5.74, 6) is 1.09. The van der Waals surface area contributed by atoms with E-state index in [2.05, 4.69) is 29.3 Å². The Morgan fingerprint density at radius 3 is 2.48 bits per heavy atom. The van der Waals surface area contributed by atoms with Gasteiger partial charge in [-0.05, 0) is 53.4 Å². The highest BCUT2D eigenvalue weighted by molar-refractivity contribution is 5.94. The van der Waals surface area contributed by atoms with E-state index in [1.165, 1.54) is 5.56 Å². The predicted molar refractivity (Wildman–Crippen MR) is 114 cm³/mol. The predicted octanol–water partition coefficient (Wildman–Crippen LogP) is 3.32. The zero-order chi connectivity index (χ0) is 20.5. The lowest BCUT2D eigenvalue weighted by Crippen LogP contribution is -2.35. The van der Waals surface area contributed by atoms with Crippen molar-refractivity contribution in [1.29, 1.82) is 0 Å². The third-order valence-corrected chi connectivity index (χ3v) is 4.57. The second-order valence-corrected chi connectivity index (χ2v) is 7.56. The molecule has 0 spiro atoms. The van der Waals surface area contributed by atoms with Crippen molar-refractivity contribution in [3.05, 3.63) is 65.2 Å². The molecular weight excluding hydrogens is 366 g/mol. The standard InChI is InChI=1S/C23H29N3O3/c1-18(2)17-29-22-9-5-19(6-10-22)15-24-25-23(27)21-7-3-20(4-8-21)16-26-11-13-28-14-12-26/h3-10,15,18H,11-14,16-17H2,1-2H3,(H,25,27). The first-order valence-electron chi connectivity index (χ1n) is 10.1. The van der Waals surface area contributed by atoms with Crippen LogP contribution in [0.5, 0.6) is 5.75 Å². The van der Waals surface area contributed by atoms with E-state index >= 15 is 0 Å². The number of nitrogens with one attached hydrogen (secondary N) is 1. The van der Waals surface area contributed by atoms with Crippen LogP contribution in [0.2, 0.25) is 0 Å². The van der Waals surface area contributed by atoms with Gasteiger partial charge in [0.05, 0.1) is 26.0 Å². The van der Waals surface area contributed by atoms with E-state index < -0.39 is 0 Å². The second kappa shape index (κ2) is 10.7. The molecule has 0 atom stereocenters. The first-order valence-corrected chi connectivity index (χ1v) is 10.1. The van der Waals surface area contributed by atoms with Gasteiger partial charge in [-0.3, -0.25) is 9.69 Å². The molecule has 2 aromatic rings. The molecule has 0 aromatic heterocycles. The van der Waals surface area contributed by atoms with Crippen molar-refractivity contribution in [2.24, 2.45) is 11.0 Å². The quantitative estimate of drug-likeness (QED) is 0.550. The second-order valence-electron chi connectivity index (χ2n) is 7.56. The number of hydrogen-bond acceptors (Lipinski definition) is 5. The van der Waals surface area contributed by atoms with Crippen LogP contribution in [0.25, 0.3) is 0 Å². The summed E-state index contributed by atoms with van der Waals surface area (Å²) < 4.78 is 11.0. The lowest BCUT2D eigenvalue weighted by molar-refractivity contribution is 0.0342. The number of benzene rings is 2. The molecule has 1 aliphatic rings. The highest BCUT2D eigenvalue weighted by Crippen LogP contribution is 2.12. The molecule has 6 nitrogen and oxygen atoms in total. The highest BCUT2D eigenvalue weighted by Gasteiger charge is 2.11. The zero-order valence-corrected chi connectivity index (χ0v) is 17.1. The van der Waals surface area contributed by atoms with Crippen LogP contribution < -0.4 is 10.2 Å². The van der Waals surface area contributed by atoms with Crippen LogP contribution in [0, 0.1) is 5.92 Å². The van der Waals surface area contributed by atoms with Crippen molar-refractivity contribution in [3.63, 3.8) is 0 Å². The molecule has 1 heterocycles. The molecule has 1 amide bonds. The van der Waals surface area contributed by atoms with Gasteiger partial charge in [-0.15, -0.1) is 0 Å². The molecule has 2 aromatic carbocycles. The SMILES string of the molecule is CC(C)COc1ccc(C=NNC(=O)c2ccc(CN3CCOCC3)cc2)cc1. The fraction of sp³-hybridized carbons (Fsp3) is 0.391. The van der Waals surface area contributed by atoms with Crippen LogP contribution >= 0.6 is 0 Å². The van der Waals surface area contributed by atoms with Gasteiger partial charge in [-0.1, -0.05) is 26.0 Å². The molecule has 1 N–H and O–H groups in total. The smallest absolute Gasteiger partial charge is 0.271 e. The Hall–Kier alpha value is -2.70. The maximum atomic E-state index is 12.3. The molecule has 29 heavy (non-hydrogen) atoms. The number of morpholine rings is 1. The third-order valence-electron chi connectivity index (χ3n) is 4.57. The van der Waals surface area contributed by atoms with Crippen molar-refractivity contribution in [2.75, 3.05) is 32.9 Å². The zero-order valence-electron chi connectivity index (χ0n) is 17.1. The Labute approximate surface area is 172 Å². The van der Waals surface area contributed by atoms with Gasteiger partial charge in [0.2, 0.25) is 0 Å². The van der Waals surface area contributed by atoms with Crippen molar-refractivity contribution in [2.45, 2.75) is 20.4 Å². The summed E-state index contributed by atoms with van der Waals surface area (Å²) in [7, 11) is 0. The molecule has 1 aliphatic heterocycles. The van der Waals surface area contributed by atoms with E-state index in [1.54, 1.807) is 6.21 Å². The average molecular weight is 396 g/mol. The molecule has 0 aliphatic carbocycles. The summed E-state index contributed by atoms with van der Waals surface area (Å²) in [6.07, 6.45) is 1.62. The fourth-order valence-corrected chi connectivity index (χ4v) is 2.92. The Balaban J connectivity index is 1.47. The van der Waals surface area contributed by atoms with E-state index in [-0.39, 0.29) is 5.91 Å². The van der Waals surface area contributed by atoms with Crippen molar-refractivity contribution in [3.8, 4) is 5.75 Å². The Bertz CT molecular complexity index is 795. The fourth-order valence-electron chi connectivity index (χ4n) is 2.92. The maximum Gasteiger partial charge on any atom is 0.271 e. The monoisotopic (exact) mass is 395 g/mol. The minimum Gasteiger partial charge on any atom is -0.493 e. The molecule has 1 saturated heterocycles. The van der Waals surface area contributed by atoms with Gasteiger partial charge in [0.15, 0.2) is 0 Å². The van der Waals surface area contributed by atoms with E-state index in [9.17, 15) is 4.79 Å². The molecule has 0 saturated carbocycles. The molecule has 0 bridgehead atoms. The van der Waals surface area contributed by atoms with Gasteiger partial charge in [0.1, 0.15) is 5.75 Å². The van der Waals surface area contributed by atoms with E-state index in [0.717, 1.165) is 44.2 Å². The first kappa shape index (κ1) is 21.0. The Morgan fingerprint density at radius 1 is 1.14 bits per heavy atom. The summed E-state index contributed by atoms with van der Waals surface area (Å²) in [5.41, 5.74) is 5.24. The van der Waals surface area contributed by atoms with Gasteiger partial charge >= 0.3 is 0 Å². The van der Waals surface area contributed by atoms with Gasteiger partial charge in [0, 0.05) is 25.2 Å². The number of amides is 1. The summed E-state index contributed by atoms with van der Waals surface area (Å²) in [5, 5.41) is 4.05. The minimum absolute atomic E-state index is 0.226. The van der Waals surface area contributed by atoms with Gasteiger partial charge < -0.3 is 9.47 Å². The van der Waals surface area contributed by atoms with Crippen LogP contribution in [0.4, 0.5) is 0 Å². The van der Waals surface area contributed by atoms with E-state index in [1.807, 2.05) is 48.5 Å². The number of ether oxygens (including phenoxy) is 2. The summed E-state index contributed by atoms with van der Waals surface area (Å²) >= 11 is 0. The number of nitrogens with zero attached hydrogens (tertiary/aromatic N) is 2. The average Bonchev–Trinajstić information content (AvgIpc) is 2.74. The molecule has 1 fully saturated rings. The molecule has 0 unspecified atom stereocenters. The first-order chi connectivity index (χ1) is 14.1. The molecule has 3 rings (SSSR count). The highest BCUT2D eigenvalue weighted by atomic mass is 16.5. The number of carbonyl (C=O) groups excluding carboxylic acids is 1. The number of carbonyl (C=O) groups is 1. The van der Waals surface area contributed by atoms with Crippen LogP contribution in [-0.2, 0) is 11.3 Å². The number of hydrogen-bond donors (Lipinski definition) is 1. The molecule has 154 valence electrons. The molecular formula is C23H29N3O3. The normalized spacial score (nSPS) is 15.0. The van der Waals surface area contributed by atoms with Crippen molar-refractivity contribution in [1.82, 2.24) is 10.3 Å². The summed E-state index contributed by atoms with van der Waals surface area (Å²) in [6, 6.07) is 15.3. The Morgan fingerprint density at radius 2 is 1.83 bits per heavy atom. The molecule has 0 radical (unpaired) electrons. The maximum absolute atomic E-state index is 12.3. The molecule has 6 heteroatoms. The lowest BCUT2D eigenvalue weighted by Gasteiger charge is -2.26. The van der Waals surface area contributed by atoms with Gasteiger partial charge in [0.25, 0.3) is 5.91 Å². The van der Waals surface area contributed by atoms with Crippen molar-refractivity contribution < 1.29 is 14.3 Å². The number of hydrazone groups is 1. The van der Waals surface area contributed by atoms with Crippen molar-refractivity contribution >= 4 is 12.1 Å². The number of rotatable bonds is 8. The van der Waals surface area contributed by atoms with Crippen LogP contribution in [-0.4, -0.2) is 49.9 Å². The van der Waals surface area contributed by atoms with E-state index in [0.29, 0.717) is 18.1 Å². The topological polar surface area (TPSA) is 63.2 Å². The van der Waals surface area contributed by atoms with Crippen LogP contribution in [0.3, 0.4) is 0 Å².